The van der Waals surface area contributed by atoms with Crippen LogP contribution < -0.4 is 0 Å². The molecule has 0 unspecified atom stereocenters. The van der Waals surface area contributed by atoms with Crippen LogP contribution in [0.5, 0.6) is 0 Å². The fourth-order valence-corrected chi connectivity index (χ4v) is 1.98. The van der Waals surface area contributed by atoms with Gasteiger partial charge in [0.2, 0.25) is 0 Å². The van der Waals surface area contributed by atoms with E-state index in [1.54, 1.807) is 24.3 Å². The molecular formula is C14H12F3NO2. The van der Waals surface area contributed by atoms with Crippen molar-refractivity contribution in [3.8, 4) is 0 Å². The Morgan fingerprint density at radius 1 is 1.20 bits per heavy atom. The van der Waals surface area contributed by atoms with Gasteiger partial charge in [0, 0.05) is 12.7 Å². The average molecular weight is 283 g/mol. The number of alkyl halides is 3. The van der Waals surface area contributed by atoms with Crippen LogP contribution in [0.25, 0.3) is 0 Å². The molecule has 2 aromatic rings. The van der Waals surface area contributed by atoms with Gasteiger partial charge >= 0.3 is 12.1 Å². The second-order valence-electron chi connectivity index (χ2n) is 4.49. The lowest BCUT2D eigenvalue weighted by Gasteiger charge is -2.13. The molecule has 0 aliphatic heterocycles. The van der Waals surface area contributed by atoms with Crippen LogP contribution in [0.15, 0.2) is 36.5 Å². The molecule has 0 fully saturated rings. The molecule has 1 aromatic heterocycles. The Bertz CT molecular complexity index is 627. The highest BCUT2D eigenvalue weighted by Gasteiger charge is 2.39. The van der Waals surface area contributed by atoms with Gasteiger partial charge < -0.3 is 9.67 Å². The van der Waals surface area contributed by atoms with Gasteiger partial charge in [0.25, 0.3) is 0 Å². The van der Waals surface area contributed by atoms with Gasteiger partial charge in [-0.1, -0.05) is 29.8 Å². The molecule has 3 nitrogen and oxygen atoms in total. The Hall–Kier alpha value is -2.24. The molecule has 6 heteroatoms. The summed E-state index contributed by atoms with van der Waals surface area (Å²) in [5.74, 6) is -1.58. The third-order valence-electron chi connectivity index (χ3n) is 2.94. The molecule has 0 aliphatic rings. The molecule has 20 heavy (non-hydrogen) atoms. The Morgan fingerprint density at radius 2 is 1.80 bits per heavy atom. The maximum Gasteiger partial charge on any atom is 0.432 e. The molecule has 1 heterocycles. The molecule has 0 saturated heterocycles. The summed E-state index contributed by atoms with van der Waals surface area (Å²) < 4.78 is 39.9. The Labute approximate surface area is 113 Å². The first-order valence-corrected chi connectivity index (χ1v) is 5.84. The standard InChI is InChI=1S/C14H12F3NO2/c1-9-2-4-10(5-3-9)8-18-7-6-11(13(19)20)12(18)14(15,16)17/h2-7H,8H2,1H3,(H,19,20). The molecule has 1 N–H and O–H groups in total. The van der Waals surface area contributed by atoms with E-state index in [0.29, 0.717) is 5.56 Å². The Morgan fingerprint density at radius 3 is 2.30 bits per heavy atom. The van der Waals surface area contributed by atoms with Crippen molar-refractivity contribution in [3.63, 3.8) is 0 Å². The minimum Gasteiger partial charge on any atom is -0.478 e. The van der Waals surface area contributed by atoms with Crippen LogP contribution in [0.2, 0.25) is 0 Å². The van der Waals surface area contributed by atoms with E-state index in [4.69, 9.17) is 5.11 Å². The summed E-state index contributed by atoms with van der Waals surface area (Å²) >= 11 is 0. The summed E-state index contributed by atoms with van der Waals surface area (Å²) in [6.07, 6.45) is -3.56. The molecule has 2 rings (SSSR count). The monoisotopic (exact) mass is 283 g/mol. The second kappa shape index (κ2) is 5.03. The van der Waals surface area contributed by atoms with E-state index < -0.39 is 23.4 Å². The predicted octanol–water partition coefficient (Wildman–Crippen LogP) is 3.56. The number of carboxylic acid groups (broad SMARTS) is 1. The quantitative estimate of drug-likeness (QED) is 0.935. The van der Waals surface area contributed by atoms with Gasteiger partial charge in [-0.25, -0.2) is 4.79 Å². The number of nitrogens with zero attached hydrogens (tertiary/aromatic N) is 1. The van der Waals surface area contributed by atoms with Crippen molar-refractivity contribution >= 4 is 5.97 Å². The lowest BCUT2D eigenvalue weighted by atomic mass is 10.1. The smallest absolute Gasteiger partial charge is 0.432 e. The largest absolute Gasteiger partial charge is 0.478 e. The van der Waals surface area contributed by atoms with E-state index in [-0.39, 0.29) is 6.54 Å². The first-order chi connectivity index (χ1) is 9.29. The van der Waals surface area contributed by atoms with Gasteiger partial charge in [-0.3, -0.25) is 0 Å². The minimum atomic E-state index is -4.71. The SMILES string of the molecule is Cc1ccc(Cn2ccc(C(=O)O)c2C(F)(F)F)cc1. The molecule has 0 saturated carbocycles. The van der Waals surface area contributed by atoms with Crippen LogP contribution in [0.3, 0.4) is 0 Å². The predicted molar refractivity (Wildman–Crippen MR) is 66.7 cm³/mol. The number of carboxylic acids is 1. The van der Waals surface area contributed by atoms with Gasteiger partial charge in [-0.15, -0.1) is 0 Å². The normalized spacial score (nSPS) is 11.6. The topological polar surface area (TPSA) is 42.2 Å². The maximum atomic E-state index is 13.0. The van der Waals surface area contributed by atoms with Gasteiger partial charge in [0.1, 0.15) is 5.69 Å². The van der Waals surface area contributed by atoms with Crippen molar-refractivity contribution in [2.75, 3.05) is 0 Å². The summed E-state index contributed by atoms with van der Waals surface area (Å²) in [7, 11) is 0. The van der Waals surface area contributed by atoms with Crippen LogP contribution in [0.4, 0.5) is 13.2 Å². The highest BCUT2D eigenvalue weighted by atomic mass is 19.4. The van der Waals surface area contributed by atoms with E-state index in [1.165, 1.54) is 0 Å². The fourth-order valence-electron chi connectivity index (χ4n) is 1.98. The van der Waals surface area contributed by atoms with Gasteiger partial charge in [-0.05, 0) is 18.6 Å². The molecule has 0 spiro atoms. The van der Waals surface area contributed by atoms with Crippen LogP contribution in [0.1, 0.15) is 27.2 Å². The summed E-state index contributed by atoms with van der Waals surface area (Å²) in [6, 6.07) is 8.00. The number of hydrogen-bond donors (Lipinski definition) is 1. The Balaban J connectivity index is 2.42. The van der Waals surface area contributed by atoms with Crippen molar-refractivity contribution in [2.24, 2.45) is 0 Å². The van der Waals surface area contributed by atoms with Crippen molar-refractivity contribution in [1.82, 2.24) is 4.57 Å². The molecular weight excluding hydrogens is 271 g/mol. The first kappa shape index (κ1) is 14.2. The zero-order valence-corrected chi connectivity index (χ0v) is 10.6. The number of carbonyl (C=O) groups is 1. The summed E-state index contributed by atoms with van der Waals surface area (Å²) in [5, 5.41) is 8.83. The average Bonchev–Trinajstić information content (AvgIpc) is 2.76. The van der Waals surface area contributed by atoms with E-state index in [0.717, 1.165) is 22.4 Å². The number of aromatic nitrogens is 1. The second-order valence-corrected chi connectivity index (χ2v) is 4.49. The van der Waals surface area contributed by atoms with Crippen molar-refractivity contribution < 1.29 is 23.1 Å². The number of aromatic carboxylic acids is 1. The van der Waals surface area contributed by atoms with Crippen LogP contribution in [-0.4, -0.2) is 15.6 Å². The zero-order valence-electron chi connectivity index (χ0n) is 10.6. The van der Waals surface area contributed by atoms with Crippen LogP contribution in [-0.2, 0) is 12.7 Å². The van der Waals surface area contributed by atoms with Crippen molar-refractivity contribution in [3.05, 3.63) is 58.9 Å². The van der Waals surface area contributed by atoms with Crippen molar-refractivity contribution in [1.29, 1.82) is 0 Å². The summed E-state index contributed by atoms with van der Waals surface area (Å²) in [6.45, 7) is 1.85. The van der Waals surface area contributed by atoms with Gasteiger partial charge in [0.05, 0.1) is 5.56 Å². The lowest BCUT2D eigenvalue weighted by Crippen LogP contribution is -2.17. The number of benzene rings is 1. The zero-order chi connectivity index (χ0) is 14.9. The van der Waals surface area contributed by atoms with Crippen molar-refractivity contribution in [2.45, 2.75) is 19.6 Å². The van der Waals surface area contributed by atoms with Crippen LogP contribution in [0, 0.1) is 6.92 Å². The molecule has 0 amide bonds. The van der Waals surface area contributed by atoms with E-state index in [2.05, 4.69) is 0 Å². The minimum absolute atomic E-state index is 0.0254. The maximum absolute atomic E-state index is 13.0. The highest BCUT2D eigenvalue weighted by molar-refractivity contribution is 5.89. The van der Waals surface area contributed by atoms with Gasteiger partial charge in [0.15, 0.2) is 0 Å². The lowest BCUT2D eigenvalue weighted by molar-refractivity contribution is -0.143. The number of halogens is 3. The third-order valence-corrected chi connectivity index (χ3v) is 2.94. The van der Waals surface area contributed by atoms with E-state index in [1.807, 2.05) is 6.92 Å². The molecule has 0 bridgehead atoms. The number of aryl methyl sites for hydroxylation is 1. The van der Waals surface area contributed by atoms with E-state index >= 15 is 0 Å². The molecule has 0 atom stereocenters. The fraction of sp³-hybridized carbons (Fsp3) is 0.214. The third kappa shape index (κ3) is 2.84. The number of hydrogen-bond acceptors (Lipinski definition) is 1. The Kier molecular flexibility index (Phi) is 3.57. The molecule has 1 aromatic carbocycles. The van der Waals surface area contributed by atoms with Crippen LogP contribution >= 0.6 is 0 Å². The van der Waals surface area contributed by atoms with Gasteiger partial charge in [-0.2, -0.15) is 13.2 Å². The highest BCUT2D eigenvalue weighted by Crippen LogP contribution is 2.33. The first-order valence-electron chi connectivity index (χ1n) is 5.84. The molecule has 106 valence electrons. The number of rotatable bonds is 3. The molecule has 0 aliphatic carbocycles. The van der Waals surface area contributed by atoms with E-state index in [9.17, 15) is 18.0 Å². The molecule has 0 radical (unpaired) electrons. The summed E-state index contributed by atoms with van der Waals surface area (Å²) in [4.78, 5) is 10.9. The summed E-state index contributed by atoms with van der Waals surface area (Å²) in [5.41, 5.74) is -0.188.